The number of benzene rings is 2. The number of carbonyl (C=O) groups excluding carboxylic acids is 1. The molecule has 3 heterocycles. The first-order valence-electron chi connectivity index (χ1n) is 8.83. The van der Waals surface area contributed by atoms with Crippen molar-refractivity contribution in [3.63, 3.8) is 0 Å². The number of carbonyl (C=O) groups is 1. The summed E-state index contributed by atoms with van der Waals surface area (Å²) in [6.07, 6.45) is 1.25. The first-order chi connectivity index (χ1) is 13.7. The van der Waals surface area contributed by atoms with E-state index in [2.05, 4.69) is 10.3 Å². The minimum atomic E-state index is -0.447. The Bertz CT molecular complexity index is 1050. The van der Waals surface area contributed by atoms with E-state index in [0.717, 1.165) is 17.1 Å². The van der Waals surface area contributed by atoms with E-state index < -0.39 is 6.17 Å². The Morgan fingerprint density at radius 2 is 1.93 bits per heavy atom. The molecule has 2 aromatic carbocycles. The molecule has 0 radical (unpaired) electrons. The van der Waals surface area contributed by atoms with E-state index in [-0.39, 0.29) is 12.7 Å². The monoisotopic (exact) mass is 375 g/mol. The molecule has 0 spiro atoms. The van der Waals surface area contributed by atoms with Crippen LogP contribution in [0.4, 0.5) is 11.4 Å². The largest absolute Gasteiger partial charge is 0.497 e. The summed E-state index contributed by atoms with van der Waals surface area (Å²) in [7, 11) is 1.61. The second-order valence-corrected chi connectivity index (χ2v) is 6.42. The fourth-order valence-corrected chi connectivity index (χ4v) is 3.47. The van der Waals surface area contributed by atoms with Crippen LogP contribution < -0.4 is 24.4 Å². The van der Waals surface area contributed by atoms with Crippen LogP contribution in [0.1, 0.15) is 22.2 Å². The maximum absolute atomic E-state index is 13.1. The Balaban J connectivity index is 1.54. The standard InChI is InChI=1S/C21H17N3O4/c1-26-15-7-5-14(6-8-15)24-20(19-16(21(24)25)3-2-10-22-19)23-13-4-9-17-18(11-13)28-12-27-17/h2-11,20,23H,12H2,1H3/t20-/m1/s1. The van der Waals surface area contributed by atoms with Gasteiger partial charge in [-0.05, 0) is 48.5 Å². The summed E-state index contributed by atoms with van der Waals surface area (Å²) in [5.74, 6) is 2.00. The number of hydrogen-bond acceptors (Lipinski definition) is 6. The predicted octanol–water partition coefficient (Wildman–Crippen LogP) is 3.59. The van der Waals surface area contributed by atoms with E-state index in [1.807, 2.05) is 42.5 Å². The molecule has 0 unspecified atom stereocenters. The van der Waals surface area contributed by atoms with Crippen molar-refractivity contribution in [1.29, 1.82) is 0 Å². The quantitative estimate of drug-likeness (QED) is 0.751. The normalized spacial score (nSPS) is 16.8. The number of fused-ring (bicyclic) bond motifs is 2. The predicted molar refractivity (Wildman–Crippen MR) is 103 cm³/mol. The topological polar surface area (TPSA) is 72.9 Å². The lowest BCUT2D eigenvalue weighted by atomic mass is 10.2. The Morgan fingerprint density at radius 3 is 2.75 bits per heavy atom. The number of anilines is 2. The molecule has 2 aliphatic rings. The van der Waals surface area contributed by atoms with E-state index in [1.165, 1.54) is 0 Å². The van der Waals surface area contributed by atoms with Gasteiger partial charge in [-0.15, -0.1) is 0 Å². The fourth-order valence-electron chi connectivity index (χ4n) is 3.47. The number of aromatic nitrogens is 1. The minimum Gasteiger partial charge on any atom is -0.497 e. The number of methoxy groups -OCH3 is 1. The molecule has 7 heteroatoms. The maximum Gasteiger partial charge on any atom is 0.262 e. The van der Waals surface area contributed by atoms with Gasteiger partial charge >= 0.3 is 0 Å². The summed E-state index contributed by atoms with van der Waals surface area (Å²) in [5, 5.41) is 3.41. The number of pyridine rings is 1. The Hall–Kier alpha value is -3.74. The van der Waals surface area contributed by atoms with Crippen molar-refractivity contribution in [1.82, 2.24) is 4.98 Å². The molecular formula is C21H17N3O4. The lowest BCUT2D eigenvalue weighted by Crippen LogP contribution is -2.32. The number of nitrogens with one attached hydrogen (secondary N) is 1. The summed E-state index contributed by atoms with van der Waals surface area (Å²) in [5.41, 5.74) is 2.82. The van der Waals surface area contributed by atoms with Gasteiger partial charge in [-0.3, -0.25) is 14.7 Å². The van der Waals surface area contributed by atoms with Gasteiger partial charge < -0.3 is 19.5 Å². The van der Waals surface area contributed by atoms with Crippen LogP contribution in [0.3, 0.4) is 0 Å². The number of amides is 1. The molecule has 1 N–H and O–H groups in total. The molecule has 1 atom stereocenters. The van der Waals surface area contributed by atoms with Crippen molar-refractivity contribution in [3.05, 3.63) is 72.1 Å². The third kappa shape index (κ3) is 2.60. The van der Waals surface area contributed by atoms with Gasteiger partial charge in [0.25, 0.3) is 5.91 Å². The van der Waals surface area contributed by atoms with Crippen LogP contribution in [0.25, 0.3) is 0 Å². The molecule has 1 amide bonds. The van der Waals surface area contributed by atoms with Crippen LogP contribution in [0, 0.1) is 0 Å². The van der Waals surface area contributed by atoms with Crippen LogP contribution in [-0.4, -0.2) is 24.8 Å². The highest BCUT2D eigenvalue weighted by Crippen LogP contribution is 2.39. The van der Waals surface area contributed by atoms with E-state index >= 15 is 0 Å². The van der Waals surface area contributed by atoms with Crippen LogP contribution in [0.2, 0.25) is 0 Å². The second kappa shape index (κ2) is 6.45. The number of hydrogen-bond donors (Lipinski definition) is 1. The van der Waals surface area contributed by atoms with Gasteiger partial charge in [-0.1, -0.05) is 0 Å². The zero-order valence-corrected chi connectivity index (χ0v) is 15.1. The highest BCUT2D eigenvalue weighted by atomic mass is 16.7. The number of ether oxygens (including phenoxy) is 3. The van der Waals surface area contributed by atoms with E-state index in [1.54, 1.807) is 30.3 Å². The Kier molecular flexibility index (Phi) is 3.79. The summed E-state index contributed by atoms with van der Waals surface area (Å²) in [6.45, 7) is 0.211. The first kappa shape index (κ1) is 16.4. The van der Waals surface area contributed by atoms with Crippen LogP contribution in [0.5, 0.6) is 17.2 Å². The average Bonchev–Trinajstić information content (AvgIpc) is 3.31. The van der Waals surface area contributed by atoms with Crippen molar-refractivity contribution < 1.29 is 19.0 Å². The SMILES string of the molecule is COc1ccc(N2C(=O)c3cccnc3[C@@H]2Nc2ccc3c(c2)OCO3)cc1. The van der Waals surface area contributed by atoms with Gasteiger partial charge in [0.15, 0.2) is 17.7 Å². The number of rotatable bonds is 4. The van der Waals surface area contributed by atoms with Crippen molar-refractivity contribution in [2.24, 2.45) is 0 Å². The van der Waals surface area contributed by atoms with Crippen LogP contribution in [-0.2, 0) is 0 Å². The van der Waals surface area contributed by atoms with E-state index in [9.17, 15) is 4.79 Å². The van der Waals surface area contributed by atoms with E-state index in [0.29, 0.717) is 22.8 Å². The Labute approximate surface area is 161 Å². The molecule has 0 saturated heterocycles. The molecule has 0 fully saturated rings. The van der Waals surface area contributed by atoms with Gasteiger partial charge in [0, 0.05) is 23.6 Å². The maximum atomic E-state index is 13.1. The molecule has 2 aliphatic heterocycles. The fraction of sp³-hybridized carbons (Fsp3) is 0.143. The second-order valence-electron chi connectivity index (χ2n) is 6.42. The van der Waals surface area contributed by atoms with Gasteiger partial charge in [0.1, 0.15) is 5.75 Å². The van der Waals surface area contributed by atoms with Crippen LogP contribution >= 0.6 is 0 Å². The zero-order chi connectivity index (χ0) is 19.1. The summed E-state index contributed by atoms with van der Waals surface area (Å²) in [6, 6.07) is 16.5. The third-order valence-corrected chi connectivity index (χ3v) is 4.83. The third-order valence-electron chi connectivity index (χ3n) is 4.83. The van der Waals surface area contributed by atoms with Gasteiger partial charge in [0.2, 0.25) is 6.79 Å². The van der Waals surface area contributed by atoms with Crippen molar-refractivity contribution in [2.45, 2.75) is 6.17 Å². The van der Waals surface area contributed by atoms with Gasteiger partial charge in [-0.2, -0.15) is 0 Å². The summed E-state index contributed by atoms with van der Waals surface area (Å²) in [4.78, 5) is 19.3. The summed E-state index contributed by atoms with van der Waals surface area (Å²) < 4.78 is 16.1. The molecule has 0 aliphatic carbocycles. The van der Waals surface area contributed by atoms with E-state index in [4.69, 9.17) is 14.2 Å². The van der Waals surface area contributed by atoms with Gasteiger partial charge in [-0.25, -0.2) is 0 Å². The molecule has 0 saturated carbocycles. The Morgan fingerprint density at radius 1 is 1.11 bits per heavy atom. The minimum absolute atomic E-state index is 0.105. The lowest BCUT2D eigenvalue weighted by molar-refractivity contribution is 0.0993. The van der Waals surface area contributed by atoms with Crippen LogP contribution in [0.15, 0.2) is 60.8 Å². The average molecular weight is 375 g/mol. The highest BCUT2D eigenvalue weighted by molar-refractivity contribution is 6.11. The lowest BCUT2D eigenvalue weighted by Gasteiger charge is -2.26. The first-order valence-corrected chi connectivity index (χ1v) is 8.83. The molecule has 1 aromatic heterocycles. The van der Waals surface area contributed by atoms with Gasteiger partial charge in [0.05, 0.1) is 18.4 Å². The summed E-state index contributed by atoms with van der Waals surface area (Å²) >= 11 is 0. The van der Waals surface area contributed by atoms with Crippen molar-refractivity contribution in [2.75, 3.05) is 24.1 Å². The zero-order valence-electron chi connectivity index (χ0n) is 15.1. The number of nitrogens with zero attached hydrogens (tertiary/aromatic N) is 2. The molecule has 0 bridgehead atoms. The molecule has 28 heavy (non-hydrogen) atoms. The van der Waals surface area contributed by atoms with Crippen molar-refractivity contribution in [3.8, 4) is 17.2 Å². The molecule has 3 aromatic rings. The molecule has 7 nitrogen and oxygen atoms in total. The molecule has 140 valence electrons. The smallest absolute Gasteiger partial charge is 0.262 e. The highest BCUT2D eigenvalue weighted by Gasteiger charge is 2.39. The molecular weight excluding hydrogens is 358 g/mol. The molecule has 5 rings (SSSR count). The van der Waals surface area contributed by atoms with Crippen molar-refractivity contribution >= 4 is 17.3 Å².